The molecule has 0 unspecified atom stereocenters. The monoisotopic (exact) mass is 515 g/mol. The highest BCUT2D eigenvalue weighted by Crippen LogP contribution is 2.30. The number of hydrogen-bond donors (Lipinski definition) is 3. The summed E-state index contributed by atoms with van der Waals surface area (Å²) in [6.07, 6.45) is -3.77. The van der Waals surface area contributed by atoms with Crippen molar-refractivity contribution in [2.45, 2.75) is 19.3 Å². The number of aromatic nitrogens is 2. The molecule has 0 saturated heterocycles. The fraction of sp³-hybridized carbons (Fsp3) is 0.238. The first kappa shape index (κ1) is 26.0. The van der Waals surface area contributed by atoms with Gasteiger partial charge in [0.2, 0.25) is 10.0 Å². The van der Waals surface area contributed by atoms with Gasteiger partial charge in [-0.05, 0) is 30.3 Å². The van der Waals surface area contributed by atoms with E-state index in [0.717, 1.165) is 23.1 Å². The molecule has 1 heterocycles. The summed E-state index contributed by atoms with van der Waals surface area (Å²) in [4.78, 5) is 12.3. The minimum atomic E-state index is -4.70. The lowest BCUT2D eigenvalue weighted by molar-refractivity contribution is -0.141. The van der Waals surface area contributed by atoms with Gasteiger partial charge in [0.15, 0.2) is 5.69 Å². The van der Waals surface area contributed by atoms with E-state index in [4.69, 9.17) is 4.74 Å². The van der Waals surface area contributed by atoms with Gasteiger partial charge in [-0.2, -0.15) is 18.3 Å². The number of nitrogens with one attached hydrogen (secondary N) is 3. The predicted molar refractivity (Wildman–Crippen MR) is 119 cm³/mol. The van der Waals surface area contributed by atoms with Crippen LogP contribution in [0.25, 0.3) is 5.69 Å². The molecule has 3 aromatic rings. The lowest BCUT2D eigenvalue weighted by atomic mass is 10.2. The zero-order valence-electron chi connectivity index (χ0n) is 18.5. The molecule has 0 spiro atoms. The number of nitrogens with zero attached hydrogens (tertiary/aromatic N) is 2. The van der Waals surface area contributed by atoms with E-state index in [-0.39, 0.29) is 35.7 Å². The number of ether oxygens (including phenoxy) is 1. The van der Waals surface area contributed by atoms with Crippen LogP contribution in [0.4, 0.5) is 28.0 Å². The van der Waals surface area contributed by atoms with Crippen LogP contribution in [0.2, 0.25) is 0 Å². The van der Waals surface area contributed by atoms with Crippen LogP contribution >= 0.6 is 0 Å². The number of rotatable bonds is 8. The average molecular weight is 515 g/mol. The van der Waals surface area contributed by atoms with Crippen LogP contribution in [-0.2, 0) is 29.3 Å². The van der Waals surface area contributed by atoms with Crippen LogP contribution in [0.1, 0.15) is 17.0 Å². The van der Waals surface area contributed by atoms with E-state index in [0.29, 0.717) is 5.75 Å². The molecule has 0 aliphatic rings. The van der Waals surface area contributed by atoms with Gasteiger partial charge in [-0.3, -0.25) is 0 Å². The van der Waals surface area contributed by atoms with Crippen molar-refractivity contribution in [3.05, 3.63) is 71.3 Å². The highest BCUT2D eigenvalue weighted by molar-refractivity contribution is 7.88. The summed E-state index contributed by atoms with van der Waals surface area (Å²) in [7, 11) is -2.11. The second-order valence-corrected chi connectivity index (χ2v) is 9.17. The van der Waals surface area contributed by atoms with Gasteiger partial charge >= 0.3 is 12.2 Å². The Labute approximate surface area is 198 Å². The molecule has 0 bridgehead atoms. The van der Waals surface area contributed by atoms with E-state index < -0.39 is 33.7 Å². The van der Waals surface area contributed by atoms with Gasteiger partial charge in [0.1, 0.15) is 11.6 Å². The molecule has 0 atom stereocenters. The van der Waals surface area contributed by atoms with Crippen molar-refractivity contribution in [3.8, 4) is 11.4 Å². The summed E-state index contributed by atoms with van der Waals surface area (Å²) < 4.78 is 84.5. The van der Waals surface area contributed by atoms with Crippen molar-refractivity contribution < 1.29 is 35.5 Å². The maximum Gasteiger partial charge on any atom is 0.435 e. The molecule has 2 amide bonds. The lowest BCUT2D eigenvalue weighted by Crippen LogP contribution is -2.29. The minimum absolute atomic E-state index is 0.0362. The van der Waals surface area contributed by atoms with Crippen LogP contribution in [0.5, 0.6) is 5.75 Å². The summed E-state index contributed by atoms with van der Waals surface area (Å²) in [5, 5.41) is 8.38. The Morgan fingerprint density at radius 3 is 2.49 bits per heavy atom. The SMILES string of the molecule is COc1cccc(-n2nc(C(F)(F)F)cc2CNC(=O)Nc2ccc(CNS(C)(=O)=O)c(F)c2)c1. The number of amides is 2. The van der Waals surface area contributed by atoms with Crippen LogP contribution in [0.15, 0.2) is 48.5 Å². The van der Waals surface area contributed by atoms with Crippen LogP contribution in [-0.4, -0.2) is 37.6 Å². The van der Waals surface area contributed by atoms with Gasteiger partial charge in [0.25, 0.3) is 0 Å². The zero-order valence-corrected chi connectivity index (χ0v) is 19.3. The number of alkyl halides is 3. The third-order valence-electron chi connectivity index (χ3n) is 4.64. The van der Waals surface area contributed by atoms with Gasteiger partial charge in [-0.15, -0.1) is 0 Å². The Morgan fingerprint density at radius 2 is 1.86 bits per heavy atom. The topological polar surface area (TPSA) is 114 Å². The number of halogens is 4. The fourth-order valence-corrected chi connectivity index (χ4v) is 3.39. The Bertz CT molecular complexity index is 1330. The fourth-order valence-electron chi connectivity index (χ4n) is 2.97. The molecule has 2 aromatic carbocycles. The van der Waals surface area contributed by atoms with Gasteiger partial charge in [0.05, 0.1) is 31.3 Å². The number of carbonyl (C=O) groups excluding carboxylic acids is 1. The second kappa shape index (κ2) is 10.3. The molecule has 9 nitrogen and oxygen atoms in total. The molecular formula is C21H21F4N5O4S. The van der Waals surface area contributed by atoms with Gasteiger partial charge in [-0.1, -0.05) is 12.1 Å². The first-order valence-corrected chi connectivity index (χ1v) is 11.8. The van der Waals surface area contributed by atoms with E-state index in [2.05, 4.69) is 20.5 Å². The number of anilines is 1. The molecule has 14 heteroatoms. The highest BCUT2D eigenvalue weighted by atomic mass is 32.2. The van der Waals surface area contributed by atoms with Crippen molar-refractivity contribution in [1.82, 2.24) is 19.8 Å². The summed E-state index contributed by atoms with van der Waals surface area (Å²) in [5.41, 5.74) is -0.701. The quantitative estimate of drug-likeness (QED) is 0.398. The average Bonchev–Trinajstić information content (AvgIpc) is 3.21. The molecule has 0 aliphatic heterocycles. The van der Waals surface area contributed by atoms with Crippen LogP contribution in [0.3, 0.4) is 0 Å². The van der Waals surface area contributed by atoms with E-state index in [1.165, 1.54) is 31.4 Å². The molecule has 35 heavy (non-hydrogen) atoms. The lowest BCUT2D eigenvalue weighted by Gasteiger charge is -2.11. The highest BCUT2D eigenvalue weighted by Gasteiger charge is 2.35. The van der Waals surface area contributed by atoms with Crippen molar-refractivity contribution in [3.63, 3.8) is 0 Å². The maximum atomic E-state index is 14.2. The summed E-state index contributed by atoms with van der Waals surface area (Å²) in [6, 6.07) is 9.84. The van der Waals surface area contributed by atoms with E-state index in [1.807, 2.05) is 0 Å². The number of carbonyl (C=O) groups is 1. The molecule has 0 saturated carbocycles. The summed E-state index contributed by atoms with van der Waals surface area (Å²) in [6.45, 7) is -0.599. The molecule has 1 aromatic heterocycles. The van der Waals surface area contributed by atoms with Gasteiger partial charge in [-0.25, -0.2) is 27.0 Å². The minimum Gasteiger partial charge on any atom is -0.497 e. The first-order valence-electron chi connectivity index (χ1n) is 9.94. The number of hydrogen-bond acceptors (Lipinski definition) is 5. The number of urea groups is 1. The Hall–Kier alpha value is -3.65. The Morgan fingerprint density at radius 1 is 1.11 bits per heavy atom. The molecule has 0 fully saturated rings. The Balaban J connectivity index is 1.72. The van der Waals surface area contributed by atoms with Crippen molar-refractivity contribution >= 4 is 21.7 Å². The number of sulfonamides is 1. The van der Waals surface area contributed by atoms with E-state index >= 15 is 0 Å². The van der Waals surface area contributed by atoms with Gasteiger partial charge < -0.3 is 15.4 Å². The zero-order chi connectivity index (χ0) is 25.8. The normalized spacial score (nSPS) is 11.8. The van der Waals surface area contributed by atoms with Crippen LogP contribution in [0, 0.1) is 5.82 Å². The van der Waals surface area contributed by atoms with Crippen LogP contribution < -0.4 is 20.1 Å². The molecule has 0 aliphatic carbocycles. The molecule has 188 valence electrons. The smallest absolute Gasteiger partial charge is 0.435 e. The van der Waals surface area contributed by atoms with Gasteiger partial charge in [0, 0.05) is 23.9 Å². The first-order chi connectivity index (χ1) is 16.4. The second-order valence-electron chi connectivity index (χ2n) is 7.34. The summed E-state index contributed by atoms with van der Waals surface area (Å²) in [5.74, 6) is -0.356. The number of benzene rings is 2. The molecular weight excluding hydrogens is 494 g/mol. The number of methoxy groups -OCH3 is 1. The summed E-state index contributed by atoms with van der Waals surface area (Å²) >= 11 is 0. The van der Waals surface area contributed by atoms with Crippen molar-refractivity contribution in [2.24, 2.45) is 0 Å². The Kier molecular flexibility index (Phi) is 7.65. The third-order valence-corrected chi connectivity index (χ3v) is 5.31. The van der Waals surface area contributed by atoms with Crippen molar-refractivity contribution in [2.75, 3.05) is 18.7 Å². The largest absolute Gasteiger partial charge is 0.497 e. The molecule has 3 rings (SSSR count). The maximum absolute atomic E-state index is 14.2. The third kappa shape index (κ3) is 7.16. The van der Waals surface area contributed by atoms with E-state index in [9.17, 15) is 30.8 Å². The predicted octanol–water partition coefficient (Wildman–Crippen LogP) is 3.41. The van der Waals surface area contributed by atoms with E-state index in [1.54, 1.807) is 12.1 Å². The molecule has 0 radical (unpaired) electrons. The molecule has 3 N–H and O–H groups in total. The standard InChI is InChI=1S/C21H21F4N5O4S/c1-34-17-5-3-4-15(9-17)30-16(10-19(29-30)21(23,24)25)12-26-20(31)28-14-7-6-13(18(22)8-14)11-27-35(2,32)33/h3-10,27H,11-12H2,1-2H3,(H2,26,28,31). The van der Waals surface area contributed by atoms with Crippen molar-refractivity contribution in [1.29, 1.82) is 0 Å².